The fourth-order valence-electron chi connectivity index (χ4n) is 1.01. The minimum atomic E-state index is 0.185. The zero-order chi connectivity index (χ0) is 8.97. The molecule has 1 fully saturated rings. The van der Waals surface area contributed by atoms with Crippen molar-refractivity contribution in [2.75, 3.05) is 12.3 Å². The van der Waals surface area contributed by atoms with E-state index in [-0.39, 0.29) is 5.91 Å². The fraction of sp³-hybridized carbons (Fsp3) is 0.714. The molecular weight excluding hydrogens is 206 g/mol. The van der Waals surface area contributed by atoms with E-state index < -0.39 is 0 Å². The van der Waals surface area contributed by atoms with Gasteiger partial charge >= 0.3 is 0 Å². The van der Waals surface area contributed by atoms with Crippen LogP contribution >= 0.6 is 24.0 Å². The molecule has 1 aliphatic rings. The largest absolute Gasteiger partial charge is 0.297 e. The molecule has 0 spiro atoms. The number of amides is 1. The molecule has 0 aromatic heterocycles. The minimum Gasteiger partial charge on any atom is -0.297 e. The topological polar surface area (TPSA) is 20.3 Å². The van der Waals surface area contributed by atoms with E-state index in [2.05, 4.69) is 6.55 Å². The van der Waals surface area contributed by atoms with Crippen LogP contribution in [-0.2, 0) is 4.79 Å². The molecule has 0 aromatic carbocycles. The molecule has 0 aliphatic carbocycles. The monoisotopic (exact) mass is 217 g/mol. The molecular formula is C7H11NOS2Si. The Labute approximate surface area is 84.9 Å². The van der Waals surface area contributed by atoms with Crippen molar-refractivity contribution in [3.8, 4) is 0 Å². The summed E-state index contributed by atoms with van der Waals surface area (Å²) >= 11 is 6.52. The van der Waals surface area contributed by atoms with Crippen molar-refractivity contribution in [1.29, 1.82) is 0 Å². The van der Waals surface area contributed by atoms with Crippen molar-refractivity contribution in [2.45, 2.75) is 19.0 Å². The zero-order valence-electron chi connectivity index (χ0n) is 7.00. The maximum Gasteiger partial charge on any atom is 0.238 e. The molecule has 1 saturated heterocycles. The van der Waals surface area contributed by atoms with Gasteiger partial charge in [-0.05, 0) is 6.42 Å². The first-order valence-electron chi connectivity index (χ1n) is 3.87. The molecule has 0 saturated carbocycles. The second kappa shape index (κ2) is 4.99. The number of rotatable bonds is 4. The van der Waals surface area contributed by atoms with E-state index in [1.54, 1.807) is 4.90 Å². The van der Waals surface area contributed by atoms with Gasteiger partial charge in [0, 0.05) is 16.1 Å². The molecule has 1 heterocycles. The van der Waals surface area contributed by atoms with Gasteiger partial charge in [0.2, 0.25) is 5.91 Å². The van der Waals surface area contributed by atoms with Crippen LogP contribution < -0.4 is 0 Å². The summed E-state index contributed by atoms with van der Waals surface area (Å²) in [6.07, 6.45) is 1.08. The number of hydrogen-bond donors (Lipinski definition) is 0. The van der Waals surface area contributed by atoms with E-state index in [1.165, 1.54) is 17.8 Å². The molecule has 0 atom stereocenters. The zero-order valence-corrected chi connectivity index (χ0v) is 9.63. The van der Waals surface area contributed by atoms with Gasteiger partial charge < -0.3 is 0 Å². The second-order valence-corrected chi connectivity index (χ2v) is 5.37. The Morgan fingerprint density at radius 2 is 2.50 bits per heavy atom. The van der Waals surface area contributed by atoms with Gasteiger partial charge in [-0.2, -0.15) is 0 Å². The lowest BCUT2D eigenvalue weighted by molar-refractivity contribution is -0.124. The first-order valence-corrected chi connectivity index (χ1v) is 6.97. The summed E-state index contributed by atoms with van der Waals surface area (Å²) in [5.74, 6) is 0.734. The summed E-state index contributed by atoms with van der Waals surface area (Å²) in [6, 6.07) is 1.21. The summed E-state index contributed by atoms with van der Waals surface area (Å²) in [7, 11) is 0.977. The van der Waals surface area contributed by atoms with Crippen molar-refractivity contribution >= 4 is 43.7 Å². The number of nitrogens with zero attached hydrogens (tertiary/aromatic N) is 1. The Morgan fingerprint density at radius 1 is 1.75 bits per heavy atom. The molecule has 0 bridgehead atoms. The molecule has 2 radical (unpaired) electrons. The Hall–Kier alpha value is 0.127. The molecule has 5 heteroatoms. The van der Waals surface area contributed by atoms with Crippen LogP contribution in [0.1, 0.15) is 6.42 Å². The number of thioether (sulfide) groups is 1. The van der Waals surface area contributed by atoms with E-state index in [0.717, 1.165) is 26.8 Å². The normalized spacial score (nSPS) is 17.6. The quantitative estimate of drug-likeness (QED) is 0.403. The van der Waals surface area contributed by atoms with Crippen molar-refractivity contribution in [3.63, 3.8) is 0 Å². The van der Waals surface area contributed by atoms with Crippen LogP contribution in [0.2, 0.25) is 12.6 Å². The highest BCUT2D eigenvalue weighted by molar-refractivity contribution is 8.23. The fourth-order valence-corrected chi connectivity index (χ4v) is 2.64. The van der Waals surface area contributed by atoms with Crippen LogP contribution in [0.25, 0.3) is 0 Å². The van der Waals surface area contributed by atoms with Gasteiger partial charge in [-0.3, -0.25) is 9.69 Å². The lowest BCUT2D eigenvalue weighted by Crippen LogP contribution is -2.29. The van der Waals surface area contributed by atoms with Crippen LogP contribution in [0.3, 0.4) is 0 Å². The molecule has 0 aromatic rings. The van der Waals surface area contributed by atoms with Crippen LogP contribution in [-0.4, -0.2) is 36.9 Å². The van der Waals surface area contributed by atoms with E-state index in [0.29, 0.717) is 5.75 Å². The van der Waals surface area contributed by atoms with Crippen molar-refractivity contribution in [1.82, 2.24) is 4.90 Å². The van der Waals surface area contributed by atoms with Gasteiger partial charge in [-0.1, -0.05) is 36.6 Å². The number of hydrogen-bond acceptors (Lipinski definition) is 3. The Balaban J connectivity index is 2.30. The van der Waals surface area contributed by atoms with E-state index in [1.807, 2.05) is 0 Å². The summed E-state index contributed by atoms with van der Waals surface area (Å²) in [4.78, 5) is 12.9. The molecule has 0 N–H and O–H groups in total. The van der Waals surface area contributed by atoms with Gasteiger partial charge in [0.25, 0.3) is 0 Å². The van der Waals surface area contributed by atoms with Crippen LogP contribution in [0.4, 0.5) is 0 Å². The first-order chi connectivity index (χ1) is 5.75. The number of carbonyl (C=O) groups is 1. The molecule has 0 unspecified atom stereocenters. The third kappa shape index (κ3) is 2.57. The smallest absolute Gasteiger partial charge is 0.238 e. The third-order valence-electron chi connectivity index (χ3n) is 1.65. The summed E-state index contributed by atoms with van der Waals surface area (Å²) in [6.45, 7) is 3.00. The maximum absolute atomic E-state index is 11.2. The molecule has 2 nitrogen and oxygen atoms in total. The Morgan fingerprint density at radius 3 is 3.00 bits per heavy atom. The number of carbonyl (C=O) groups excluding carboxylic acids is 1. The van der Waals surface area contributed by atoms with Gasteiger partial charge in [0.05, 0.1) is 5.75 Å². The van der Waals surface area contributed by atoms with Gasteiger partial charge in [-0.25, -0.2) is 0 Å². The summed E-state index contributed by atoms with van der Waals surface area (Å²) < 4.78 is 0.763. The standard InChI is InChI=1S/C7H11NOS2Si/c1-12-4-2-3-8-6(9)5-11-7(8)10/h2-5H2,1H3. The Kier molecular flexibility index (Phi) is 4.24. The molecule has 12 heavy (non-hydrogen) atoms. The minimum absolute atomic E-state index is 0.185. The maximum atomic E-state index is 11.2. The van der Waals surface area contributed by atoms with E-state index in [9.17, 15) is 4.79 Å². The van der Waals surface area contributed by atoms with E-state index in [4.69, 9.17) is 12.2 Å². The second-order valence-electron chi connectivity index (χ2n) is 2.56. The van der Waals surface area contributed by atoms with Crippen LogP contribution in [0.5, 0.6) is 0 Å². The van der Waals surface area contributed by atoms with Crippen molar-refractivity contribution < 1.29 is 4.79 Å². The van der Waals surface area contributed by atoms with Gasteiger partial charge in [-0.15, -0.1) is 0 Å². The SMILES string of the molecule is C[Si]CCCN1C(=O)CSC1=S. The first kappa shape index (κ1) is 10.2. The predicted molar refractivity (Wildman–Crippen MR) is 57.8 cm³/mol. The van der Waals surface area contributed by atoms with Gasteiger partial charge in [0.1, 0.15) is 4.32 Å². The molecule has 66 valence electrons. The summed E-state index contributed by atoms with van der Waals surface area (Å²) in [5, 5.41) is 0. The summed E-state index contributed by atoms with van der Waals surface area (Å²) in [5.41, 5.74) is 0. The molecule has 1 aliphatic heterocycles. The highest BCUT2D eigenvalue weighted by Crippen LogP contribution is 2.19. The average Bonchev–Trinajstić information content (AvgIpc) is 2.35. The lowest BCUT2D eigenvalue weighted by atomic mass is 10.4. The highest BCUT2D eigenvalue weighted by Gasteiger charge is 2.25. The lowest BCUT2D eigenvalue weighted by Gasteiger charge is -2.13. The van der Waals surface area contributed by atoms with Crippen molar-refractivity contribution in [3.05, 3.63) is 0 Å². The predicted octanol–water partition coefficient (Wildman–Crippen LogP) is 1.41. The van der Waals surface area contributed by atoms with Crippen molar-refractivity contribution in [2.24, 2.45) is 0 Å². The van der Waals surface area contributed by atoms with Crippen LogP contribution in [0, 0.1) is 0 Å². The molecule has 1 amide bonds. The molecule has 1 rings (SSSR count). The van der Waals surface area contributed by atoms with E-state index >= 15 is 0 Å². The highest BCUT2D eigenvalue weighted by atomic mass is 32.2. The van der Waals surface area contributed by atoms with Gasteiger partial charge in [0.15, 0.2) is 0 Å². The third-order valence-corrected chi connectivity index (χ3v) is 3.94. The Bertz CT molecular complexity index is 182. The van der Waals surface area contributed by atoms with Crippen LogP contribution in [0.15, 0.2) is 0 Å². The number of thiocarbonyl (C=S) groups is 1. The average molecular weight is 217 g/mol.